The van der Waals surface area contributed by atoms with Crippen LogP contribution in [0.4, 0.5) is 10.5 Å². The van der Waals surface area contributed by atoms with Crippen molar-refractivity contribution in [3.63, 3.8) is 0 Å². The van der Waals surface area contributed by atoms with Crippen LogP contribution in [0.1, 0.15) is 32.3 Å². The standard InChI is InChI=1S/C23H30ClN5O2/c1-23(2,17-3-5-18(24)6-4-17)21(30)27-15-20(25)16-9-13-29(14-10-16)22(31)28-19-7-11-26-12-8-19/h3-8,11-12,16,20H,9-10,13-15,25H2,1-2H3,(H,27,30)(H,26,28,31). The number of rotatable bonds is 6. The van der Waals surface area contributed by atoms with Gasteiger partial charge in [-0.15, -0.1) is 0 Å². The second-order valence-corrected chi connectivity index (χ2v) is 8.93. The monoisotopic (exact) mass is 443 g/mol. The van der Waals surface area contributed by atoms with Gasteiger partial charge in [0, 0.05) is 48.8 Å². The fourth-order valence-corrected chi connectivity index (χ4v) is 3.89. The van der Waals surface area contributed by atoms with Gasteiger partial charge in [0.15, 0.2) is 0 Å². The number of nitrogens with zero attached hydrogens (tertiary/aromatic N) is 2. The van der Waals surface area contributed by atoms with Crippen LogP contribution in [0.2, 0.25) is 5.02 Å². The first-order chi connectivity index (χ1) is 14.8. The maximum absolute atomic E-state index is 12.8. The lowest BCUT2D eigenvalue weighted by molar-refractivity contribution is -0.125. The number of piperidine rings is 1. The molecule has 7 nitrogen and oxygen atoms in total. The van der Waals surface area contributed by atoms with Gasteiger partial charge in [0.25, 0.3) is 0 Å². The number of hydrogen-bond acceptors (Lipinski definition) is 4. The minimum atomic E-state index is -0.682. The van der Waals surface area contributed by atoms with Crippen molar-refractivity contribution in [2.24, 2.45) is 11.7 Å². The Kier molecular flexibility index (Phi) is 7.51. The van der Waals surface area contributed by atoms with Crippen LogP contribution in [0.15, 0.2) is 48.8 Å². The van der Waals surface area contributed by atoms with E-state index < -0.39 is 5.41 Å². The number of likely N-dealkylation sites (tertiary alicyclic amines) is 1. The van der Waals surface area contributed by atoms with E-state index in [1.54, 1.807) is 41.6 Å². The molecule has 2 aromatic rings. The van der Waals surface area contributed by atoms with E-state index in [0.29, 0.717) is 24.7 Å². The Morgan fingerprint density at radius 2 is 1.77 bits per heavy atom. The average molecular weight is 444 g/mol. The number of nitrogens with two attached hydrogens (primary N) is 1. The maximum Gasteiger partial charge on any atom is 0.321 e. The number of carbonyl (C=O) groups excluding carboxylic acids is 2. The number of aromatic nitrogens is 1. The largest absolute Gasteiger partial charge is 0.354 e. The van der Waals surface area contributed by atoms with Crippen LogP contribution in [0.5, 0.6) is 0 Å². The van der Waals surface area contributed by atoms with E-state index in [-0.39, 0.29) is 23.9 Å². The topological polar surface area (TPSA) is 100 Å². The predicted octanol–water partition coefficient (Wildman–Crippen LogP) is 3.40. The Hall–Kier alpha value is -2.64. The molecule has 3 amide bonds. The van der Waals surface area contributed by atoms with Crippen LogP contribution in [-0.4, -0.2) is 47.5 Å². The lowest BCUT2D eigenvalue weighted by atomic mass is 9.83. The van der Waals surface area contributed by atoms with Crippen molar-refractivity contribution < 1.29 is 9.59 Å². The fourth-order valence-electron chi connectivity index (χ4n) is 3.76. The molecule has 0 bridgehead atoms. The summed E-state index contributed by atoms with van der Waals surface area (Å²) in [5.41, 5.74) is 7.33. The van der Waals surface area contributed by atoms with E-state index >= 15 is 0 Å². The quantitative estimate of drug-likeness (QED) is 0.636. The van der Waals surface area contributed by atoms with Crippen molar-refractivity contribution in [1.29, 1.82) is 0 Å². The summed E-state index contributed by atoms with van der Waals surface area (Å²) in [6.45, 7) is 5.46. The van der Waals surface area contributed by atoms with Gasteiger partial charge in [-0.3, -0.25) is 9.78 Å². The van der Waals surface area contributed by atoms with Crippen LogP contribution < -0.4 is 16.4 Å². The number of pyridine rings is 1. The zero-order valence-corrected chi connectivity index (χ0v) is 18.7. The summed E-state index contributed by atoms with van der Waals surface area (Å²) in [4.78, 5) is 31.0. The highest BCUT2D eigenvalue weighted by atomic mass is 35.5. The molecule has 4 N–H and O–H groups in total. The van der Waals surface area contributed by atoms with E-state index in [9.17, 15) is 9.59 Å². The Morgan fingerprint density at radius 3 is 2.39 bits per heavy atom. The molecule has 1 atom stereocenters. The molecule has 0 aliphatic carbocycles. The first-order valence-electron chi connectivity index (χ1n) is 10.5. The molecule has 1 aliphatic rings. The molecule has 2 heterocycles. The van der Waals surface area contributed by atoms with Gasteiger partial charge in [0.05, 0.1) is 5.41 Å². The molecular formula is C23H30ClN5O2. The van der Waals surface area contributed by atoms with Crippen molar-refractivity contribution in [2.75, 3.05) is 25.0 Å². The number of carbonyl (C=O) groups is 2. The minimum absolute atomic E-state index is 0.0700. The maximum atomic E-state index is 12.8. The number of hydrogen-bond donors (Lipinski definition) is 3. The van der Waals surface area contributed by atoms with Crippen LogP contribution >= 0.6 is 11.6 Å². The zero-order valence-electron chi connectivity index (χ0n) is 18.0. The number of halogens is 1. The fraction of sp³-hybridized carbons (Fsp3) is 0.435. The Labute approximate surface area is 188 Å². The van der Waals surface area contributed by atoms with E-state index in [1.807, 2.05) is 26.0 Å². The molecule has 1 saturated heterocycles. The molecule has 0 radical (unpaired) electrons. The van der Waals surface area contributed by atoms with Gasteiger partial charge < -0.3 is 21.3 Å². The molecule has 0 spiro atoms. The molecule has 8 heteroatoms. The molecule has 1 aromatic heterocycles. The first-order valence-corrected chi connectivity index (χ1v) is 10.9. The normalized spacial score (nSPS) is 15.9. The van der Waals surface area contributed by atoms with Crippen LogP contribution in [0.25, 0.3) is 0 Å². The van der Waals surface area contributed by atoms with Crippen molar-refractivity contribution >= 4 is 29.2 Å². The van der Waals surface area contributed by atoms with Crippen molar-refractivity contribution in [1.82, 2.24) is 15.2 Å². The summed E-state index contributed by atoms with van der Waals surface area (Å²) >= 11 is 5.95. The average Bonchev–Trinajstić information content (AvgIpc) is 2.78. The highest BCUT2D eigenvalue weighted by Crippen LogP contribution is 2.25. The number of anilines is 1. The molecule has 166 valence electrons. The number of benzene rings is 1. The summed E-state index contributed by atoms with van der Waals surface area (Å²) in [6.07, 6.45) is 4.90. The van der Waals surface area contributed by atoms with Gasteiger partial charge in [-0.1, -0.05) is 23.7 Å². The molecule has 1 unspecified atom stereocenters. The van der Waals surface area contributed by atoms with Crippen LogP contribution in [-0.2, 0) is 10.2 Å². The molecule has 1 fully saturated rings. The molecular weight excluding hydrogens is 414 g/mol. The number of amides is 3. The SMILES string of the molecule is CC(C)(C(=O)NCC(N)C1CCN(C(=O)Nc2ccncc2)CC1)c1ccc(Cl)cc1. The minimum Gasteiger partial charge on any atom is -0.354 e. The highest BCUT2D eigenvalue weighted by molar-refractivity contribution is 6.30. The van der Waals surface area contributed by atoms with Gasteiger partial charge in [0.2, 0.25) is 5.91 Å². The van der Waals surface area contributed by atoms with Crippen molar-refractivity contribution in [3.8, 4) is 0 Å². The Morgan fingerprint density at radius 1 is 1.16 bits per heavy atom. The molecule has 1 aromatic carbocycles. The summed E-state index contributed by atoms with van der Waals surface area (Å²) in [7, 11) is 0. The molecule has 1 aliphatic heterocycles. The highest BCUT2D eigenvalue weighted by Gasteiger charge is 2.31. The van der Waals surface area contributed by atoms with E-state index in [4.69, 9.17) is 17.3 Å². The third-order valence-electron chi connectivity index (χ3n) is 6.00. The van der Waals surface area contributed by atoms with Gasteiger partial charge in [-0.2, -0.15) is 0 Å². The Balaban J connectivity index is 1.45. The smallest absolute Gasteiger partial charge is 0.321 e. The summed E-state index contributed by atoms with van der Waals surface area (Å²) in [5.74, 6) is 0.184. The third-order valence-corrected chi connectivity index (χ3v) is 6.25. The lowest BCUT2D eigenvalue weighted by Crippen LogP contribution is -2.50. The lowest BCUT2D eigenvalue weighted by Gasteiger charge is -2.35. The second-order valence-electron chi connectivity index (χ2n) is 8.50. The van der Waals surface area contributed by atoms with Gasteiger partial charge in [-0.25, -0.2) is 4.79 Å². The molecule has 31 heavy (non-hydrogen) atoms. The number of nitrogens with one attached hydrogen (secondary N) is 2. The number of urea groups is 1. The van der Waals surface area contributed by atoms with Gasteiger partial charge in [0.1, 0.15) is 0 Å². The summed E-state index contributed by atoms with van der Waals surface area (Å²) < 4.78 is 0. The van der Waals surface area contributed by atoms with Crippen LogP contribution in [0, 0.1) is 5.92 Å². The van der Waals surface area contributed by atoms with Gasteiger partial charge in [-0.05, 0) is 62.4 Å². The summed E-state index contributed by atoms with van der Waals surface area (Å²) in [6, 6.07) is 10.6. The third kappa shape index (κ3) is 5.95. The van der Waals surface area contributed by atoms with Crippen molar-refractivity contribution in [3.05, 3.63) is 59.4 Å². The molecule has 0 saturated carbocycles. The van der Waals surface area contributed by atoms with Crippen LogP contribution in [0.3, 0.4) is 0 Å². The van der Waals surface area contributed by atoms with Crippen molar-refractivity contribution in [2.45, 2.75) is 38.1 Å². The first kappa shape index (κ1) is 23.0. The van der Waals surface area contributed by atoms with Gasteiger partial charge >= 0.3 is 6.03 Å². The van der Waals surface area contributed by atoms with E-state index in [2.05, 4.69) is 15.6 Å². The molecule has 3 rings (SSSR count). The van der Waals surface area contributed by atoms with E-state index in [0.717, 1.165) is 24.1 Å². The van der Waals surface area contributed by atoms with E-state index in [1.165, 1.54) is 0 Å². The zero-order chi connectivity index (χ0) is 22.4. The Bertz CT molecular complexity index is 881. The summed E-state index contributed by atoms with van der Waals surface area (Å²) in [5, 5.41) is 6.53. The second kappa shape index (κ2) is 10.1. The predicted molar refractivity (Wildman–Crippen MR) is 123 cm³/mol.